The Morgan fingerprint density at radius 3 is 2.42 bits per heavy atom. The molecule has 4 rings (SSSR count). The molecular weight excluding hydrogens is 342 g/mol. The maximum absolute atomic E-state index is 12.4. The van der Waals surface area contributed by atoms with E-state index < -0.39 is 0 Å². The Labute approximate surface area is 158 Å². The van der Waals surface area contributed by atoms with E-state index >= 15 is 0 Å². The van der Waals surface area contributed by atoms with Gasteiger partial charge in [-0.3, -0.25) is 4.90 Å². The highest BCUT2D eigenvalue weighted by molar-refractivity contribution is 7.19. The molecular formula is C21H23N3OS. The molecule has 1 N–H and O–H groups in total. The predicted octanol–water partition coefficient (Wildman–Crippen LogP) is 4.56. The zero-order valence-corrected chi connectivity index (χ0v) is 15.8. The van der Waals surface area contributed by atoms with E-state index in [-0.39, 0.29) is 6.03 Å². The minimum atomic E-state index is -0.00565. The van der Waals surface area contributed by atoms with Crippen LogP contribution in [0.5, 0.6) is 0 Å². The molecule has 0 radical (unpaired) electrons. The van der Waals surface area contributed by atoms with Crippen molar-refractivity contribution in [1.82, 2.24) is 9.80 Å². The molecule has 26 heavy (non-hydrogen) atoms. The van der Waals surface area contributed by atoms with Crippen molar-refractivity contribution in [1.29, 1.82) is 0 Å². The first-order valence-corrected chi connectivity index (χ1v) is 9.83. The summed E-state index contributed by atoms with van der Waals surface area (Å²) in [5.41, 5.74) is 2.25. The topological polar surface area (TPSA) is 35.6 Å². The zero-order valence-electron chi connectivity index (χ0n) is 14.9. The lowest BCUT2D eigenvalue weighted by molar-refractivity contribution is 0.143. The summed E-state index contributed by atoms with van der Waals surface area (Å²) in [6.07, 6.45) is 0. The van der Waals surface area contributed by atoms with Crippen molar-refractivity contribution in [2.75, 3.05) is 31.5 Å². The number of hydrogen-bond acceptors (Lipinski definition) is 3. The molecule has 3 aromatic rings. The molecule has 4 nitrogen and oxygen atoms in total. The van der Waals surface area contributed by atoms with Crippen LogP contribution in [0.1, 0.15) is 10.4 Å². The Morgan fingerprint density at radius 1 is 1.00 bits per heavy atom. The first-order chi connectivity index (χ1) is 12.7. The van der Waals surface area contributed by atoms with Crippen molar-refractivity contribution in [3.8, 4) is 0 Å². The molecule has 0 aliphatic carbocycles. The normalized spacial score (nSPS) is 15.3. The molecule has 134 valence electrons. The fraction of sp³-hybridized carbons (Fsp3) is 0.286. The standard InChI is InChI=1S/C21H23N3OS/c1-16-18-9-5-6-10-19(18)26-20(16)15-23-11-13-24(14-12-23)21(25)22-17-7-3-2-4-8-17/h2-10H,11-15H2,1H3,(H,22,25). The van der Waals surface area contributed by atoms with Gasteiger partial charge in [-0.2, -0.15) is 0 Å². The van der Waals surface area contributed by atoms with Crippen LogP contribution >= 0.6 is 11.3 Å². The van der Waals surface area contributed by atoms with Crippen molar-refractivity contribution in [2.24, 2.45) is 0 Å². The number of rotatable bonds is 3. The fourth-order valence-corrected chi connectivity index (χ4v) is 4.67. The third kappa shape index (κ3) is 3.59. The Bertz CT molecular complexity index is 898. The summed E-state index contributed by atoms with van der Waals surface area (Å²) in [5.74, 6) is 0. The summed E-state index contributed by atoms with van der Waals surface area (Å²) in [7, 11) is 0. The van der Waals surface area contributed by atoms with Gasteiger partial charge in [0.2, 0.25) is 0 Å². The first-order valence-electron chi connectivity index (χ1n) is 9.01. The lowest BCUT2D eigenvalue weighted by Crippen LogP contribution is -2.49. The second-order valence-corrected chi connectivity index (χ2v) is 7.84. The lowest BCUT2D eigenvalue weighted by Gasteiger charge is -2.34. The molecule has 1 aliphatic heterocycles. The SMILES string of the molecule is Cc1c(CN2CCN(C(=O)Nc3ccccc3)CC2)sc2ccccc12. The van der Waals surface area contributed by atoms with Crippen LogP contribution in [0.4, 0.5) is 10.5 Å². The molecule has 2 heterocycles. The van der Waals surface area contributed by atoms with Crippen LogP contribution in [0.25, 0.3) is 10.1 Å². The smallest absolute Gasteiger partial charge is 0.321 e. The van der Waals surface area contributed by atoms with Gasteiger partial charge < -0.3 is 10.2 Å². The summed E-state index contributed by atoms with van der Waals surface area (Å²) in [6.45, 7) is 6.55. The van der Waals surface area contributed by atoms with Crippen LogP contribution in [0.3, 0.4) is 0 Å². The third-order valence-electron chi connectivity index (χ3n) is 4.99. The fourth-order valence-electron chi connectivity index (χ4n) is 3.41. The second kappa shape index (κ2) is 7.48. The van der Waals surface area contributed by atoms with Gasteiger partial charge in [-0.25, -0.2) is 4.79 Å². The second-order valence-electron chi connectivity index (χ2n) is 6.71. The van der Waals surface area contributed by atoms with E-state index in [0.29, 0.717) is 0 Å². The number of nitrogens with one attached hydrogen (secondary N) is 1. The van der Waals surface area contributed by atoms with Gasteiger partial charge in [-0.05, 0) is 36.1 Å². The lowest BCUT2D eigenvalue weighted by atomic mass is 10.1. The summed E-state index contributed by atoms with van der Waals surface area (Å²) < 4.78 is 1.36. The van der Waals surface area contributed by atoms with Gasteiger partial charge in [-0.15, -0.1) is 11.3 Å². The van der Waals surface area contributed by atoms with Gasteiger partial charge in [0.25, 0.3) is 0 Å². The summed E-state index contributed by atoms with van der Waals surface area (Å²) in [4.78, 5) is 18.2. The Hall–Kier alpha value is -2.37. The van der Waals surface area contributed by atoms with Crippen molar-refractivity contribution < 1.29 is 4.79 Å². The number of piperazine rings is 1. The number of carbonyl (C=O) groups excluding carboxylic acids is 1. The number of nitrogens with zero attached hydrogens (tertiary/aromatic N) is 2. The minimum absolute atomic E-state index is 0.00565. The minimum Gasteiger partial charge on any atom is -0.322 e. The molecule has 2 amide bonds. The van der Waals surface area contributed by atoms with Crippen LogP contribution < -0.4 is 5.32 Å². The third-order valence-corrected chi connectivity index (χ3v) is 6.25. The summed E-state index contributed by atoms with van der Waals surface area (Å²) in [6, 6.07) is 18.2. The Kier molecular flexibility index (Phi) is 4.91. The number of hydrogen-bond donors (Lipinski definition) is 1. The van der Waals surface area contributed by atoms with Crippen molar-refractivity contribution >= 4 is 33.1 Å². The highest BCUT2D eigenvalue weighted by Crippen LogP contribution is 2.31. The molecule has 1 aliphatic rings. The maximum atomic E-state index is 12.4. The van der Waals surface area contributed by atoms with Crippen molar-refractivity contribution in [2.45, 2.75) is 13.5 Å². The zero-order chi connectivity index (χ0) is 17.9. The molecule has 0 saturated carbocycles. The first kappa shape index (κ1) is 17.1. The molecule has 2 aromatic carbocycles. The van der Waals surface area contributed by atoms with Crippen LogP contribution in [0.15, 0.2) is 54.6 Å². The molecule has 1 aromatic heterocycles. The molecule has 0 spiro atoms. The van der Waals surface area contributed by atoms with Crippen LogP contribution in [-0.2, 0) is 6.54 Å². The molecule has 0 unspecified atom stereocenters. The molecule has 5 heteroatoms. The highest BCUT2D eigenvalue weighted by Gasteiger charge is 2.22. The molecule has 1 saturated heterocycles. The van der Waals surface area contributed by atoms with Gasteiger partial charge in [0.1, 0.15) is 0 Å². The number of amides is 2. The van der Waals surface area contributed by atoms with Crippen LogP contribution in [0.2, 0.25) is 0 Å². The number of urea groups is 1. The average molecular weight is 366 g/mol. The van der Waals surface area contributed by atoms with Crippen LogP contribution in [0, 0.1) is 6.92 Å². The quantitative estimate of drug-likeness (QED) is 0.738. The van der Waals surface area contributed by atoms with E-state index in [0.717, 1.165) is 38.4 Å². The summed E-state index contributed by atoms with van der Waals surface area (Å²) >= 11 is 1.89. The van der Waals surface area contributed by atoms with E-state index in [4.69, 9.17) is 0 Å². The number of anilines is 1. The predicted molar refractivity (Wildman–Crippen MR) is 109 cm³/mol. The van der Waals surface area contributed by atoms with E-state index in [2.05, 4.69) is 41.4 Å². The molecule has 0 atom stereocenters. The largest absolute Gasteiger partial charge is 0.322 e. The van der Waals surface area contributed by atoms with Gasteiger partial charge >= 0.3 is 6.03 Å². The Morgan fingerprint density at radius 2 is 1.69 bits per heavy atom. The van der Waals surface area contributed by atoms with Gasteiger partial charge in [0.15, 0.2) is 0 Å². The average Bonchev–Trinajstić information content (AvgIpc) is 2.99. The summed E-state index contributed by atoms with van der Waals surface area (Å²) in [5, 5.41) is 4.34. The van der Waals surface area contributed by atoms with Gasteiger partial charge in [0.05, 0.1) is 0 Å². The van der Waals surface area contributed by atoms with E-state index in [1.165, 1.54) is 20.5 Å². The number of benzene rings is 2. The van der Waals surface area contributed by atoms with Crippen LogP contribution in [-0.4, -0.2) is 42.0 Å². The van der Waals surface area contributed by atoms with E-state index in [1.54, 1.807) is 0 Å². The number of carbonyl (C=O) groups is 1. The van der Waals surface area contributed by atoms with Gasteiger partial charge in [-0.1, -0.05) is 36.4 Å². The van der Waals surface area contributed by atoms with E-state index in [9.17, 15) is 4.79 Å². The number of para-hydroxylation sites is 1. The Balaban J connectivity index is 1.34. The van der Waals surface area contributed by atoms with Gasteiger partial charge in [0, 0.05) is 48.0 Å². The number of fused-ring (bicyclic) bond motifs is 1. The number of thiophene rings is 1. The van der Waals surface area contributed by atoms with E-state index in [1.807, 2.05) is 46.6 Å². The molecule has 1 fully saturated rings. The maximum Gasteiger partial charge on any atom is 0.321 e. The van der Waals surface area contributed by atoms with Crippen molar-refractivity contribution in [3.05, 3.63) is 65.0 Å². The molecule has 0 bridgehead atoms. The number of aryl methyl sites for hydroxylation is 1. The monoisotopic (exact) mass is 365 g/mol. The van der Waals surface area contributed by atoms with Crippen molar-refractivity contribution in [3.63, 3.8) is 0 Å². The highest BCUT2D eigenvalue weighted by atomic mass is 32.1.